The number of aliphatic imine (C=N–C) groups is 1. The Kier molecular flexibility index (Phi) is 13.5. The van der Waals surface area contributed by atoms with Crippen LogP contribution in [0.15, 0.2) is 23.2 Å². The molecule has 0 aromatic heterocycles. The highest BCUT2D eigenvalue weighted by Crippen LogP contribution is 2.19. The van der Waals surface area contributed by atoms with Crippen molar-refractivity contribution in [1.82, 2.24) is 10.6 Å². The maximum atomic E-state index is 6.03. The maximum Gasteiger partial charge on any atom is 0.191 e. The zero-order valence-electron chi connectivity index (χ0n) is 15.8. The van der Waals surface area contributed by atoms with Crippen molar-refractivity contribution in [3.63, 3.8) is 0 Å². The van der Waals surface area contributed by atoms with Crippen LogP contribution in [0, 0.1) is 5.92 Å². The summed E-state index contributed by atoms with van der Waals surface area (Å²) < 4.78 is 11.0. The fourth-order valence-corrected chi connectivity index (χ4v) is 3.32. The van der Waals surface area contributed by atoms with Gasteiger partial charge in [-0.15, -0.1) is 24.0 Å². The van der Waals surface area contributed by atoms with Crippen molar-refractivity contribution < 1.29 is 9.47 Å². The first-order chi connectivity index (χ1) is 12.7. The molecule has 1 saturated heterocycles. The van der Waals surface area contributed by atoms with E-state index in [1.165, 1.54) is 0 Å². The van der Waals surface area contributed by atoms with Crippen LogP contribution in [-0.2, 0) is 15.9 Å². The summed E-state index contributed by atoms with van der Waals surface area (Å²) in [4.78, 5) is 4.59. The van der Waals surface area contributed by atoms with Gasteiger partial charge < -0.3 is 20.1 Å². The molecule has 1 heterocycles. The first kappa shape index (κ1) is 24.8. The second kappa shape index (κ2) is 14.7. The summed E-state index contributed by atoms with van der Waals surface area (Å²) in [6.45, 7) is 7.63. The molecule has 1 atom stereocenters. The first-order valence-electron chi connectivity index (χ1n) is 9.30. The Hall–Kier alpha value is -0.280. The highest BCUT2D eigenvalue weighted by Gasteiger charge is 2.15. The van der Waals surface area contributed by atoms with Crippen molar-refractivity contribution in [3.05, 3.63) is 33.8 Å². The minimum atomic E-state index is 0. The van der Waals surface area contributed by atoms with Gasteiger partial charge in [-0.3, -0.25) is 4.99 Å². The van der Waals surface area contributed by atoms with Gasteiger partial charge in [0.15, 0.2) is 5.96 Å². The van der Waals surface area contributed by atoms with Crippen molar-refractivity contribution in [3.8, 4) is 0 Å². The van der Waals surface area contributed by atoms with Gasteiger partial charge in [0.2, 0.25) is 0 Å². The number of ether oxygens (including phenoxy) is 2. The molecule has 1 aromatic carbocycles. The van der Waals surface area contributed by atoms with Gasteiger partial charge in [0.05, 0.1) is 13.2 Å². The van der Waals surface area contributed by atoms with Crippen LogP contribution in [0.1, 0.15) is 25.3 Å². The number of nitrogens with zero attached hydrogens (tertiary/aromatic N) is 1. The normalized spacial score (nSPS) is 16.9. The summed E-state index contributed by atoms with van der Waals surface area (Å²) in [7, 11) is 0. The van der Waals surface area contributed by atoms with Crippen LogP contribution in [0.4, 0.5) is 0 Å². The number of nitrogens with one attached hydrogen (secondary N) is 2. The number of rotatable bonds is 10. The number of hydrogen-bond acceptors (Lipinski definition) is 3. The minimum Gasteiger partial charge on any atom is -0.381 e. The largest absolute Gasteiger partial charge is 0.381 e. The Labute approximate surface area is 189 Å². The Balaban J connectivity index is 0.00000364. The Morgan fingerprint density at radius 2 is 2.04 bits per heavy atom. The average molecular weight is 530 g/mol. The zero-order valence-corrected chi connectivity index (χ0v) is 19.7. The Morgan fingerprint density at radius 1 is 1.26 bits per heavy atom. The maximum absolute atomic E-state index is 6.03. The van der Waals surface area contributed by atoms with E-state index in [4.69, 9.17) is 32.7 Å². The van der Waals surface area contributed by atoms with E-state index in [0.717, 1.165) is 76.8 Å². The van der Waals surface area contributed by atoms with Crippen molar-refractivity contribution in [2.45, 2.75) is 26.2 Å². The molecule has 1 fully saturated rings. The molecular formula is C19H30Cl2IN3O2. The lowest BCUT2D eigenvalue weighted by molar-refractivity contribution is 0.0893. The van der Waals surface area contributed by atoms with E-state index in [9.17, 15) is 0 Å². The van der Waals surface area contributed by atoms with E-state index >= 15 is 0 Å². The predicted molar refractivity (Wildman–Crippen MR) is 124 cm³/mol. The van der Waals surface area contributed by atoms with Gasteiger partial charge in [-0.25, -0.2) is 0 Å². The minimum absolute atomic E-state index is 0. The monoisotopic (exact) mass is 529 g/mol. The van der Waals surface area contributed by atoms with Crippen molar-refractivity contribution in [2.24, 2.45) is 10.9 Å². The van der Waals surface area contributed by atoms with E-state index in [-0.39, 0.29) is 24.0 Å². The molecule has 2 rings (SSSR count). The van der Waals surface area contributed by atoms with Gasteiger partial charge in [0, 0.05) is 48.8 Å². The molecule has 0 spiro atoms. The van der Waals surface area contributed by atoms with Gasteiger partial charge in [0.1, 0.15) is 0 Å². The SMILES string of the molecule is CCNC(=NCCCOCC1CCOC1)NCCc1cc(Cl)cc(Cl)c1.I. The summed E-state index contributed by atoms with van der Waals surface area (Å²) in [6, 6.07) is 5.62. The molecule has 0 bridgehead atoms. The molecule has 0 radical (unpaired) electrons. The highest BCUT2D eigenvalue weighted by atomic mass is 127. The third kappa shape index (κ3) is 10.7. The van der Waals surface area contributed by atoms with E-state index in [1.54, 1.807) is 6.07 Å². The van der Waals surface area contributed by atoms with Gasteiger partial charge >= 0.3 is 0 Å². The van der Waals surface area contributed by atoms with Crippen LogP contribution < -0.4 is 10.6 Å². The van der Waals surface area contributed by atoms with Crippen molar-refractivity contribution >= 4 is 53.1 Å². The second-order valence-electron chi connectivity index (χ2n) is 6.37. The van der Waals surface area contributed by atoms with E-state index < -0.39 is 0 Å². The first-order valence-corrected chi connectivity index (χ1v) is 10.1. The van der Waals surface area contributed by atoms with Crippen LogP contribution in [0.5, 0.6) is 0 Å². The molecule has 27 heavy (non-hydrogen) atoms. The summed E-state index contributed by atoms with van der Waals surface area (Å²) >= 11 is 12.1. The number of benzene rings is 1. The lowest BCUT2D eigenvalue weighted by Crippen LogP contribution is -2.38. The van der Waals surface area contributed by atoms with E-state index in [0.29, 0.717) is 16.0 Å². The summed E-state index contributed by atoms with van der Waals surface area (Å²) in [6.07, 6.45) is 2.86. The molecule has 5 nitrogen and oxygen atoms in total. The van der Waals surface area contributed by atoms with E-state index in [1.807, 2.05) is 12.1 Å². The standard InChI is InChI=1S/C19H29Cl2N3O2.HI/c1-2-22-19(23-6-3-8-25-13-16-5-9-26-14-16)24-7-4-15-10-17(20)12-18(21)11-15;/h10-12,16H,2-9,13-14H2,1H3,(H2,22,23,24);1H. The van der Waals surface area contributed by atoms with Gasteiger partial charge in [-0.1, -0.05) is 23.2 Å². The zero-order chi connectivity index (χ0) is 18.6. The van der Waals surface area contributed by atoms with Crippen LogP contribution in [0.25, 0.3) is 0 Å². The van der Waals surface area contributed by atoms with Gasteiger partial charge in [-0.05, 0) is 49.9 Å². The summed E-state index contributed by atoms with van der Waals surface area (Å²) in [5.74, 6) is 1.39. The average Bonchev–Trinajstić information content (AvgIpc) is 3.10. The van der Waals surface area contributed by atoms with Gasteiger partial charge in [0.25, 0.3) is 0 Å². The lowest BCUT2D eigenvalue weighted by Gasteiger charge is -2.12. The van der Waals surface area contributed by atoms with Crippen molar-refractivity contribution in [2.75, 3.05) is 46.1 Å². The van der Waals surface area contributed by atoms with E-state index in [2.05, 4.69) is 22.5 Å². The molecule has 8 heteroatoms. The van der Waals surface area contributed by atoms with Crippen LogP contribution >= 0.6 is 47.2 Å². The fraction of sp³-hybridized carbons (Fsp3) is 0.632. The summed E-state index contributed by atoms with van der Waals surface area (Å²) in [5.41, 5.74) is 1.11. The highest BCUT2D eigenvalue weighted by molar-refractivity contribution is 14.0. The number of guanidine groups is 1. The van der Waals surface area contributed by atoms with Crippen LogP contribution in [0.2, 0.25) is 10.0 Å². The molecule has 1 aliphatic rings. The second-order valence-corrected chi connectivity index (χ2v) is 7.25. The topological polar surface area (TPSA) is 54.9 Å². The lowest BCUT2D eigenvalue weighted by atomic mass is 10.1. The molecule has 0 saturated carbocycles. The summed E-state index contributed by atoms with van der Waals surface area (Å²) in [5, 5.41) is 7.92. The Morgan fingerprint density at radius 3 is 2.70 bits per heavy atom. The molecule has 154 valence electrons. The molecule has 1 aromatic rings. The third-order valence-corrected chi connectivity index (χ3v) is 4.50. The number of hydrogen-bond donors (Lipinski definition) is 2. The van der Waals surface area contributed by atoms with Crippen LogP contribution in [0.3, 0.4) is 0 Å². The van der Waals surface area contributed by atoms with Gasteiger partial charge in [-0.2, -0.15) is 0 Å². The molecule has 0 amide bonds. The smallest absolute Gasteiger partial charge is 0.191 e. The molecule has 2 N–H and O–H groups in total. The fourth-order valence-electron chi connectivity index (χ4n) is 2.74. The molecule has 1 unspecified atom stereocenters. The molecular weight excluding hydrogens is 500 g/mol. The molecule has 1 aliphatic heterocycles. The molecule has 0 aliphatic carbocycles. The number of halogens is 3. The third-order valence-electron chi connectivity index (χ3n) is 4.07. The quantitative estimate of drug-likeness (QED) is 0.207. The van der Waals surface area contributed by atoms with Crippen LogP contribution in [-0.4, -0.2) is 52.0 Å². The Bertz CT molecular complexity index is 550. The van der Waals surface area contributed by atoms with Crippen molar-refractivity contribution in [1.29, 1.82) is 0 Å². The predicted octanol–water partition coefficient (Wildman–Crippen LogP) is 4.15.